The zero-order valence-corrected chi connectivity index (χ0v) is 7.82. The Hall–Kier alpha value is -1.82. The van der Waals surface area contributed by atoms with Crippen LogP contribution in [0.1, 0.15) is 0 Å². The van der Waals surface area contributed by atoms with Gasteiger partial charge in [0.05, 0.1) is 10.2 Å². The Morgan fingerprint density at radius 1 is 1.36 bits per heavy atom. The number of thiazole rings is 1. The molecular weight excluding hydrogens is 200 g/mol. The summed E-state index contributed by atoms with van der Waals surface area (Å²) in [5, 5.41) is 17.0. The fourth-order valence-corrected chi connectivity index (χ4v) is 2.45. The summed E-state index contributed by atoms with van der Waals surface area (Å²) < 4.78 is 2.71. The molecule has 5 nitrogen and oxygen atoms in total. The van der Waals surface area contributed by atoms with E-state index in [0.29, 0.717) is 5.95 Å². The average molecular weight is 206 g/mol. The monoisotopic (exact) mass is 206 g/mol. The van der Waals surface area contributed by atoms with Crippen molar-refractivity contribution in [3.05, 3.63) is 18.2 Å². The van der Waals surface area contributed by atoms with Gasteiger partial charge in [-0.2, -0.15) is 0 Å². The molecule has 1 aromatic carbocycles. The first kappa shape index (κ1) is 7.57. The Kier molecular flexibility index (Phi) is 1.27. The normalized spacial score (nSPS) is 11.4. The number of aromatic nitrogens is 3. The van der Waals surface area contributed by atoms with Crippen LogP contribution in [-0.4, -0.2) is 19.7 Å². The van der Waals surface area contributed by atoms with Crippen molar-refractivity contribution in [1.82, 2.24) is 14.6 Å². The number of nitrogen functional groups attached to an aromatic ring is 1. The number of aromatic hydroxyl groups is 1. The van der Waals surface area contributed by atoms with Crippen molar-refractivity contribution in [2.45, 2.75) is 0 Å². The van der Waals surface area contributed by atoms with Crippen molar-refractivity contribution < 1.29 is 5.11 Å². The van der Waals surface area contributed by atoms with Crippen molar-refractivity contribution in [3.63, 3.8) is 0 Å². The molecular formula is C8H6N4OS. The Labute approximate surface area is 82.4 Å². The van der Waals surface area contributed by atoms with Crippen LogP contribution in [0.2, 0.25) is 0 Å². The standard InChI is InChI=1S/C8H6N4OS/c9-7-10-11-8-12(7)5-2-1-4(13)3-6(5)14-8/h1-3,13H,(H2,9,10). The molecule has 0 radical (unpaired) electrons. The van der Waals surface area contributed by atoms with E-state index in [2.05, 4.69) is 10.2 Å². The molecule has 0 bridgehead atoms. The summed E-state index contributed by atoms with van der Waals surface area (Å²) in [5.74, 6) is 0.616. The number of phenols is 1. The van der Waals surface area contributed by atoms with Gasteiger partial charge >= 0.3 is 0 Å². The Bertz CT molecular complexity index is 627. The molecule has 3 N–H and O–H groups in total. The van der Waals surface area contributed by atoms with Crippen LogP contribution in [0, 0.1) is 0 Å². The van der Waals surface area contributed by atoms with Gasteiger partial charge in [0, 0.05) is 0 Å². The molecule has 0 saturated heterocycles. The zero-order valence-electron chi connectivity index (χ0n) is 7.01. The lowest BCUT2D eigenvalue weighted by molar-refractivity contribution is 0.476. The van der Waals surface area contributed by atoms with Crippen LogP contribution in [0.15, 0.2) is 18.2 Å². The van der Waals surface area contributed by atoms with E-state index in [9.17, 15) is 5.11 Å². The van der Waals surface area contributed by atoms with E-state index in [1.165, 1.54) is 11.3 Å². The van der Waals surface area contributed by atoms with Gasteiger partial charge in [-0.3, -0.25) is 4.40 Å². The largest absolute Gasteiger partial charge is 0.508 e. The highest BCUT2D eigenvalue weighted by atomic mass is 32.1. The van der Waals surface area contributed by atoms with Crippen LogP contribution in [-0.2, 0) is 0 Å². The first-order valence-corrected chi connectivity index (χ1v) is 4.79. The van der Waals surface area contributed by atoms with E-state index in [0.717, 1.165) is 15.2 Å². The molecule has 0 aliphatic heterocycles. The second kappa shape index (κ2) is 2.36. The fourth-order valence-electron chi connectivity index (χ4n) is 1.44. The fraction of sp³-hybridized carbons (Fsp3) is 0. The third-order valence-electron chi connectivity index (χ3n) is 2.04. The highest BCUT2D eigenvalue weighted by Gasteiger charge is 2.09. The van der Waals surface area contributed by atoms with Crippen molar-refractivity contribution in [3.8, 4) is 5.75 Å². The van der Waals surface area contributed by atoms with E-state index in [-0.39, 0.29) is 5.75 Å². The van der Waals surface area contributed by atoms with E-state index in [1.54, 1.807) is 22.6 Å². The molecule has 6 heteroatoms. The smallest absolute Gasteiger partial charge is 0.227 e. The summed E-state index contributed by atoms with van der Waals surface area (Å²) in [6, 6.07) is 5.11. The molecule has 2 aromatic heterocycles. The van der Waals surface area contributed by atoms with E-state index in [4.69, 9.17) is 5.73 Å². The molecule has 0 spiro atoms. The molecule has 14 heavy (non-hydrogen) atoms. The number of fused-ring (bicyclic) bond motifs is 3. The van der Waals surface area contributed by atoms with Crippen molar-refractivity contribution in [2.24, 2.45) is 0 Å². The van der Waals surface area contributed by atoms with Crippen LogP contribution in [0.5, 0.6) is 5.75 Å². The van der Waals surface area contributed by atoms with Gasteiger partial charge in [0.15, 0.2) is 0 Å². The quantitative estimate of drug-likeness (QED) is 0.580. The van der Waals surface area contributed by atoms with E-state index in [1.807, 2.05) is 0 Å². The minimum Gasteiger partial charge on any atom is -0.508 e. The number of nitrogens with two attached hydrogens (primary N) is 1. The average Bonchev–Trinajstić information content (AvgIpc) is 2.66. The first-order valence-electron chi connectivity index (χ1n) is 3.98. The number of phenolic OH excluding ortho intramolecular Hbond substituents is 1. The topological polar surface area (TPSA) is 76.4 Å². The van der Waals surface area contributed by atoms with Gasteiger partial charge < -0.3 is 10.8 Å². The van der Waals surface area contributed by atoms with Crippen molar-refractivity contribution in [1.29, 1.82) is 0 Å². The van der Waals surface area contributed by atoms with Gasteiger partial charge in [0.2, 0.25) is 10.9 Å². The first-order chi connectivity index (χ1) is 6.75. The lowest BCUT2D eigenvalue weighted by Gasteiger charge is -1.93. The van der Waals surface area contributed by atoms with Gasteiger partial charge in [0.25, 0.3) is 0 Å². The molecule has 0 atom stereocenters. The maximum Gasteiger partial charge on any atom is 0.227 e. The number of hydrogen-bond donors (Lipinski definition) is 2. The third kappa shape index (κ3) is 0.828. The van der Waals surface area contributed by atoms with Gasteiger partial charge in [0.1, 0.15) is 5.75 Å². The number of hydrogen-bond acceptors (Lipinski definition) is 5. The molecule has 3 aromatic rings. The lowest BCUT2D eigenvalue weighted by Crippen LogP contribution is -1.92. The van der Waals surface area contributed by atoms with Gasteiger partial charge in [-0.05, 0) is 18.2 Å². The minimum absolute atomic E-state index is 0.244. The van der Waals surface area contributed by atoms with Crippen LogP contribution < -0.4 is 5.73 Å². The van der Waals surface area contributed by atoms with Crippen molar-refractivity contribution >= 4 is 32.5 Å². The van der Waals surface area contributed by atoms with Gasteiger partial charge in [-0.1, -0.05) is 11.3 Å². The molecule has 3 rings (SSSR count). The Morgan fingerprint density at radius 3 is 3.07 bits per heavy atom. The molecule has 0 fully saturated rings. The van der Waals surface area contributed by atoms with Crippen LogP contribution in [0.3, 0.4) is 0 Å². The summed E-state index contributed by atoms with van der Waals surface area (Å²) in [6.07, 6.45) is 0. The second-order valence-corrected chi connectivity index (χ2v) is 3.94. The highest BCUT2D eigenvalue weighted by molar-refractivity contribution is 7.23. The SMILES string of the molecule is Nc1nnc2sc3cc(O)ccc3n12. The van der Waals surface area contributed by atoms with Crippen LogP contribution >= 0.6 is 11.3 Å². The molecule has 0 unspecified atom stereocenters. The maximum absolute atomic E-state index is 9.29. The zero-order chi connectivity index (χ0) is 9.71. The highest BCUT2D eigenvalue weighted by Crippen LogP contribution is 2.29. The summed E-state index contributed by atoms with van der Waals surface area (Å²) in [5.41, 5.74) is 6.58. The third-order valence-corrected chi connectivity index (χ3v) is 3.04. The van der Waals surface area contributed by atoms with Crippen LogP contribution in [0.4, 0.5) is 5.95 Å². The second-order valence-electron chi connectivity index (χ2n) is 2.93. The number of benzene rings is 1. The predicted molar refractivity (Wildman–Crippen MR) is 54.4 cm³/mol. The predicted octanol–water partition coefficient (Wildman–Crippen LogP) is 1.23. The van der Waals surface area contributed by atoms with Gasteiger partial charge in [-0.15, -0.1) is 10.2 Å². The minimum atomic E-state index is 0.244. The molecule has 2 heterocycles. The summed E-state index contributed by atoms with van der Waals surface area (Å²) in [7, 11) is 0. The van der Waals surface area contributed by atoms with Gasteiger partial charge in [-0.25, -0.2) is 0 Å². The number of nitrogens with zero attached hydrogens (tertiary/aromatic N) is 3. The number of anilines is 1. The van der Waals surface area contributed by atoms with Crippen LogP contribution in [0.25, 0.3) is 15.2 Å². The molecule has 0 aliphatic carbocycles. The van der Waals surface area contributed by atoms with E-state index < -0.39 is 0 Å². The summed E-state index contributed by atoms with van der Waals surface area (Å²) >= 11 is 1.45. The van der Waals surface area contributed by atoms with Crippen molar-refractivity contribution in [2.75, 3.05) is 5.73 Å². The Balaban J connectivity index is 2.58. The number of rotatable bonds is 0. The lowest BCUT2D eigenvalue weighted by atomic mass is 10.3. The summed E-state index contributed by atoms with van der Waals surface area (Å²) in [4.78, 5) is 0.739. The molecule has 0 saturated carbocycles. The molecule has 0 aliphatic rings. The molecule has 70 valence electrons. The van der Waals surface area contributed by atoms with E-state index >= 15 is 0 Å². The Morgan fingerprint density at radius 2 is 2.21 bits per heavy atom. The maximum atomic E-state index is 9.29. The molecule has 0 amide bonds. The summed E-state index contributed by atoms with van der Waals surface area (Å²) in [6.45, 7) is 0.